The number of nitrogens with one attached hydrogen (secondary N) is 3. The first-order valence-corrected chi connectivity index (χ1v) is 9.14. The minimum Gasteiger partial charge on any atom is -0.348 e. The Morgan fingerprint density at radius 1 is 1.11 bits per heavy atom. The Morgan fingerprint density at radius 3 is 2.57 bits per heavy atom. The molecule has 0 saturated carbocycles. The average Bonchev–Trinajstić information content (AvgIpc) is 2.67. The Morgan fingerprint density at radius 2 is 1.86 bits per heavy atom. The fraction of sp³-hybridized carbons (Fsp3) is 0.238. The number of hydrogen-bond donors (Lipinski definition) is 3. The van der Waals surface area contributed by atoms with Gasteiger partial charge in [0.15, 0.2) is 0 Å². The van der Waals surface area contributed by atoms with Crippen LogP contribution in [0.15, 0.2) is 47.4 Å². The molecule has 7 nitrogen and oxygen atoms in total. The van der Waals surface area contributed by atoms with E-state index in [2.05, 4.69) is 20.6 Å². The molecule has 1 aromatic carbocycles. The van der Waals surface area contributed by atoms with E-state index in [0.717, 1.165) is 17.7 Å². The largest absolute Gasteiger partial charge is 0.348 e. The maximum atomic E-state index is 12.5. The van der Waals surface area contributed by atoms with Crippen molar-refractivity contribution in [3.63, 3.8) is 0 Å². The first-order valence-electron chi connectivity index (χ1n) is 9.14. The molecule has 0 unspecified atom stereocenters. The summed E-state index contributed by atoms with van der Waals surface area (Å²) in [5.41, 5.74) is 2.50. The van der Waals surface area contributed by atoms with Crippen LogP contribution < -0.4 is 16.1 Å². The molecule has 28 heavy (non-hydrogen) atoms. The summed E-state index contributed by atoms with van der Waals surface area (Å²) in [5, 5.41) is 5.94. The molecule has 3 aromatic rings. The monoisotopic (exact) mass is 378 g/mol. The molecule has 2 aromatic heterocycles. The molecule has 0 bridgehead atoms. The number of hydrogen-bond acceptors (Lipinski definition) is 4. The first kappa shape index (κ1) is 19.3. The van der Waals surface area contributed by atoms with Crippen LogP contribution in [0.2, 0.25) is 0 Å². The van der Waals surface area contributed by atoms with Gasteiger partial charge in [0.25, 0.3) is 5.91 Å². The highest BCUT2D eigenvalue weighted by Gasteiger charge is 2.13. The third-order valence-electron chi connectivity index (χ3n) is 4.29. The van der Waals surface area contributed by atoms with E-state index >= 15 is 0 Å². The van der Waals surface area contributed by atoms with Gasteiger partial charge in [0.1, 0.15) is 11.2 Å². The summed E-state index contributed by atoms with van der Waals surface area (Å²) in [6.45, 7) is 4.05. The number of carbonyl (C=O) groups excluding carboxylic acids is 2. The van der Waals surface area contributed by atoms with E-state index in [1.165, 1.54) is 6.20 Å². The Kier molecular flexibility index (Phi) is 5.84. The third-order valence-corrected chi connectivity index (χ3v) is 4.29. The summed E-state index contributed by atoms with van der Waals surface area (Å²) in [5.74, 6) is -0.479. The summed E-state index contributed by atoms with van der Waals surface area (Å²) in [7, 11) is 0. The summed E-state index contributed by atoms with van der Waals surface area (Å²) < 4.78 is 0. The van der Waals surface area contributed by atoms with E-state index in [9.17, 15) is 14.4 Å². The predicted octanol–water partition coefficient (Wildman–Crippen LogP) is 2.90. The van der Waals surface area contributed by atoms with Crippen molar-refractivity contribution in [1.29, 1.82) is 0 Å². The normalized spacial score (nSPS) is 10.6. The molecule has 0 aliphatic heterocycles. The van der Waals surface area contributed by atoms with Gasteiger partial charge >= 0.3 is 0 Å². The number of amides is 2. The van der Waals surface area contributed by atoms with E-state index < -0.39 is 5.91 Å². The maximum Gasteiger partial charge on any atom is 0.257 e. The zero-order valence-corrected chi connectivity index (χ0v) is 15.8. The molecule has 0 fully saturated rings. The molecule has 2 amide bonds. The van der Waals surface area contributed by atoms with Crippen molar-refractivity contribution < 1.29 is 9.59 Å². The van der Waals surface area contributed by atoms with Crippen LogP contribution in [-0.4, -0.2) is 21.8 Å². The van der Waals surface area contributed by atoms with Gasteiger partial charge in [0.05, 0.1) is 5.39 Å². The minimum atomic E-state index is -0.455. The highest BCUT2D eigenvalue weighted by atomic mass is 16.2. The van der Waals surface area contributed by atoms with Crippen LogP contribution in [0.3, 0.4) is 0 Å². The standard InChI is InChI=1S/C21H22N4O3/c1-3-4-18(26)25-15-8-6-14(7-9-15)11-23-21(28)17-12-22-20-16(19(17)27)10-5-13(2)24-20/h5-10,12H,3-4,11H2,1-2H3,(H,23,28)(H,25,26)(H,22,24,27). The summed E-state index contributed by atoms with van der Waals surface area (Å²) in [6.07, 6.45) is 2.66. The predicted molar refractivity (Wildman–Crippen MR) is 108 cm³/mol. The van der Waals surface area contributed by atoms with Crippen LogP contribution in [0.1, 0.15) is 41.4 Å². The second-order valence-electron chi connectivity index (χ2n) is 6.56. The quantitative estimate of drug-likeness (QED) is 0.613. The smallest absolute Gasteiger partial charge is 0.257 e. The van der Waals surface area contributed by atoms with Crippen molar-refractivity contribution >= 4 is 28.5 Å². The van der Waals surface area contributed by atoms with E-state index in [-0.39, 0.29) is 23.4 Å². The lowest BCUT2D eigenvalue weighted by atomic mass is 10.1. The zero-order chi connectivity index (χ0) is 20.1. The highest BCUT2D eigenvalue weighted by molar-refractivity contribution is 5.96. The van der Waals surface area contributed by atoms with Crippen LogP contribution in [0, 0.1) is 6.92 Å². The van der Waals surface area contributed by atoms with Crippen molar-refractivity contribution in [3.8, 4) is 0 Å². The Hall–Kier alpha value is -3.48. The van der Waals surface area contributed by atoms with Crippen LogP contribution in [0.5, 0.6) is 0 Å². The summed E-state index contributed by atoms with van der Waals surface area (Å²) in [6, 6.07) is 10.6. The van der Waals surface area contributed by atoms with Crippen LogP contribution in [0.25, 0.3) is 11.0 Å². The number of rotatable bonds is 6. The van der Waals surface area contributed by atoms with Gasteiger partial charge in [-0.05, 0) is 43.2 Å². The van der Waals surface area contributed by atoms with Crippen molar-refractivity contribution in [2.24, 2.45) is 0 Å². The van der Waals surface area contributed by atoms with Gasteiger partial charge in [-0.1, -0.05) is 19.1 Å². The molecule has 0 spiro atoms. The number of anilines is 1. The number of benzene rings is 1. The molecule has 2 heterocycles. The number of H-pyrrole nitrogens is 1. The molecular formula is C21H22N4O3. The van der Waals surface area contributed by atoms with Crippen LogP contribution in [-0.2, 0) is 11.3 Å². The molecular weight excluding hydrogens is 356 g/mol. The van der Waals surface area contributed by atoms with E-state index in [4.69, 9.17) is 0 Å². The lowest BCUT2D eigenvalue weighted by Gasteiger charge is -2.08. The molecule has 0 radical (unpaired) electrons. The van der Waals surface area contributed by atoms with Crippen molar-refractivity contribution in [2.45, 2.75) is 33.2 Å². The van der Waals surface area contributed by atoms with Crippen LogP contribution >= 0.6 is 0 Å². The number of carbonyl (C=O) groups is 2. The van der Waals surface area contributed by atoms with E-state index in [1.54, 1.807) is 24.3 Å². The summed E-state index contributed by atoms with van der Waals surface area (Å²) in [4.78, 5) is 43.7. The Labute approximate surface area is 162 Å². The highest BCUT2D eigenvalue weighted by Crippen LogP contribution is 2.11. The molecule has 0 saturated heterocycles. The molecule has 3 rings (SSSR count). The van der Waals surface area contributed by atoms with Gasteiger partial charge in [-0.15, -0.1) is 0 Å². The second kappa shape index (κ2) is 8.47. The summed E-state index contributed by atoms with van der Waals surface area (Å²) >= 11 is 0. The number of fused-ring (bicyclic) bond motifs is 1. The lowest BCUT2D eigenvalue weighted by molar-refractivity contribution is -0.116. The van der Waals surface area contributed by atoms with Crippen molar-refractivity contribution in [1.82, 2.24) is 15.3 Å². The van der Waals surface area contributed by atoms with Crippen molar-refractivity contribution in [3.05, 3.63) is 69.6 Å². The molecule has 0 aliphatic rings. The molecule has 144 valence electrons. The van der Waals surface area contributed by atoms with Crippen molar-refractivity contribution in [2.75, 3.05) is 5.32 Å². The van der Waals surface area contributed by atoms with E-state index in [0.29, 0.717) is 23.1 Å². The molecule has 0 atom stereocenters. The minimum absolute atomic E-state index is 0.0243. The second-order valence-corrected chi connectivity index (χ2v) is 6.56. The number of pyridine rings is 2. The topological polar surface area (TPSA) is 104 Å². The van der Waals surface area contributed by atoms with Gasteiger partial charge in [0.2, 0.25) is 11.3 Å². The molecule has 3 N–H and O–H groups in total. The molecule has 7 heteroatoms. The fourth-order valence-electron chi connectivity index (χ4n) is 2.80. The zero-order valence-electron chi connectivity index (χ0n) is 15.8. The number of aromatic amines is 1. The average molecular weight is 378 g/mol. The lowest BCUT2D eigenvalue weighted by Crippen LogP contribution is -2.28. The van der Waals surface area contributed by atoms with Gasteiger partial charge in [-0.25, -0.2) is 4.98 Å². The fourth-order valence-corrected chi connectivity index (χ4v) is 2.80. The van der Waals surface area contributed by atoms with Gasteiger partial charge in [0, 0.05) is 30.5 Å². The van der Waals surface area contributed by atoms with Gasteiger partial charge < -0.3 is 15.6 Å². The van der Waals surface area contributed by atoms with Gasteiger partial charge in [-0.3, -0.25) is 14.4 Å². The SMILES string of the molecule is CCCC(=O)Nc1ccc(CNC(=O)c2c[nH]c3nc(C)ccc3c2=O)cc1. The number of aryl methyl sites for hydroxylation is 1. The third kappa shape index (κ3) is 4.43. The van der Waals surface area contributed by atoms with Crippen LogP contribution in [0.4, 0.5) is 5.69 Å². The Balaban J connectivity index is 1.66. The van der Waals surface area contributed by atoms with Gasteiger partial charge in [-0.2, -0.15) is 0 Å². The molecule has 0 aliphatic carbocycles. The maximum absolute atomic E-state index is 12.5. The number of aromatic nitrogens is 2. The first-order chi connectivity index (χ1) is 13.5. The van der Waals surface area contributed by atoms with E-state index in [1.807, 2.05) is 26.0 Å². The Bertz CT molecular complexity index is 1070. The number of nitrogens with zero attached hydrogens (tertiary/aromatic N) is 1.